The molecular weight excluding hydrogens is 214 g/mol. The lowest BCUT2D eigenvalue weighted by Gasteiger charge is -2.17. The number of nitriles is 1. The average molecular weight is 231 g/mol. The van der Waals surface area contributed by atoms with Gasteiger partial charge in [0.15, 0.2) is 0 Å². The second-order valence-corrected chi connectivity index (χ2v) is 3.52. The zero-order valence-electron chi connectivity index (χ0n) is 10.2. The minimum Gasteiger partial charge on any atom is -0.494 e. The van der Waals surface area contributed by atoms with Crippen molar-refractivity contribution in [3.05, 3.63) is 35.9 Å². The SMILES string of the molecule is CCOc1ccc(/C(=C/CC#N)N(C)N)cc1. The van der Waals surface area contributed by atoms with Crippen molar-refractivity contribution in [1.29, 1.82) is 5.26 Å². The van der Waals surface area contributed by atoms with Gasteiger partial charge in [0.2, 0.25) is 0 Å². The fourth-order valence-corrected chi connectivity index (χ4v) is 1.50. The van der Waals surface area contributed by atoms with Gasteiger partial charge in [-0.3, -0.25) is 0 Å². The Morgan fingerprint density at radius 1 is 1.47 bits per heavy atom. The van der Waals surface area contributed by atoms with Crippen LogP contribution in [0.25, 0.3) is 5.70 Å². The summed E-state index contributed by atoms with van der Waals surface area (Å²) in [5.74, 6) is 6.56. The van der Waals surface area contributed by atoms with E-state index in [2.05, 4.69) is 6.07 Å². The minimum absolute atomic E-state index is 0.337. The lowest BCUT2D eigenvalue weighted by Crippen LogP contribution is -2.24. The Labute approximate surface area is 102 Å². The van der Waals surface area contributed by atoms with Crippen LogP contribution >= 0.6 is 0 Å². The van der Waals surface area contributed by atoms with E-state index in [9.17, 15) is 0 Å². The van der Waals surface area contributed by atoms with Gasteiger partial charge in [-0.25, -0.2) is 5.84 Å². The van der Waals surface area contributed by atoms with Crippen LogP contribution in [0.15, 0.2) is 30.3 Å². The summed E-state index contributed by atoms with van der Waals surface area (Å²) in [6.07, 6.45) is 2.14. The molecule has 0 heterocycles. The molecule has 4 heteroatoms. The van der Waals surface area contributed by atoms with Crippen LogP contribution in [-0.4, -0.2) is 18.7 Å². The quantitative estimate of drug-likeness (QED) is 0.623. The van der Waals surface area contributed by atoms with Gasteiger partial charge in [0, 0.05) is 7.05 Å². The van der Waals surface area contributed by atoms with Gasteiger partial charge in [0.25, 0.3) is 0 Å². The third-order valence-electron chi connectivity index (χ3n) is 2.23. The van der Waals surface area contributed by atoms with Gasteiger partial charge in [-0.1, -0.05) is 0 Å². The fourth-order valence-electron chi connectivity index (χ4n) is 1.50. The Morgan fingerprint density at radius 2 is 2.12 bits per heavy atom. The van der Waals surface area contributed by atoms with Crippen LogP contribution in [-0.2, 0) is 0 Å². The standard InChI is InChI=1S/C13H17N3O/c1-3-17-12-8-6-11(7-9-12)13(16(2)15)5-4-10-14/h5-9H,3-4,15H2,1-2H3/b13-5-. The molecule has 1 aromatic rings. The van der Waals surface area contributed by atoms with Crippen LogP contribution in [0.5, 0.6) is 5.75 Å². The van der Waals surface area contributed by atoms with E-state index in [0.29, 0.717) is 13.0 Å². The molecule has 1 aromatic carbocycles. The first kappa shape index (κ1) is 13.1. The molecule has 2 N–H and O–H groups in total. The zero-order valence-corrected chi connectivity index (χ0v) is 10.2. The van der Waals surface area contributed by atoms with Crippen LogP contribution in [0.1, 0.15) is 18.9 Å². The summed E-state index contributed by atoms with van der Waals surface area (Å²) in [4.78, 5) is 0. The zero-order chi connectivity index (χ0) is 12.7. The molecule has 0 radical (unpaired) electrons. The topological polar surface area (TPSA) is 62.3 Å². The van der Waals surface area contributed by atoms with E-state index < -0.39 is 0 Å². The van der Waals surface area contributed by atoms with Crippen molar-refractivity contribution in [3.63, 3.8) is 0 Å². The number of allylic oxidation sites excluding steroid dienone is 1. The van der Waals surface area contributed by atoms with E-state index in [0.717, 1.165) is 17.0 Å². The molecule has 4 nitrogen and oxygen atoms in total. The third-order valence-corrected chi connectivity index (χ3v) is 2.23. The smallest absolute Gasteiger partial charge is 0.119 e. The number of hydrogen-bond acceptors (Lipinski definition) is 4. The van der Waals surface area contributed by atoms with Gasteiger partial charge in [-0.2, -0.15) is 5.26 Å². The number of ether oxygens (including phenoxy) is 1. The van der Waals surface area contributed by atoms with Gasteiger partial charge < -0.3 is 9.75 Å². The Hall–Kier alpha value is -1.99. The predicted molar refractivity (Wildman–Crippen MR) is 67.8 cm³/mol. The van der Waals surface area contributed by atoms with Gasteiger partial charge in [0.05, 0.1) is 24.8 Å². The summed E-state index contributed by atoms with van der Waals surface area (Å²) < 4.78 is 5.37. The first-order chi connectivity index (χ1) is 8.19. The molecule has 0 aromatic heterocycles. The van der Waals surface area contributed by atoms with E-state index in [4.69, 9.17) is 15.8 Å². The molecule has 0 saturated heterocycles. The molecule has 0 spiro atoms. The van der Waals surface area contributed by atoms with E-state index in [-0.39, 0.29) is 0 Å². The number of rotatable bonds is 5. The molecule has 0 aliphatic carbocycles. The molecule has 1 rings (SSSR count). The van der Waals surface area contributed by atoms with Crippen LogP contribution in [0.2, 0.25) is 0 Å². The van der Waals surface area contributed by atoms with Crippen molar-refractivity contribution >= 4 is 5.70 Å². The monoisotopic (exact) mass is 231 g/mol. The Bertz CT molecular complexity index is 415. The molecule has 90 valence electrons. The van der Waals surface area contributed by atoms with Gasteiger partial charge in [0.1, 0.15) is 5.75 Å². The fraction of sp³-hybridized carbons (Fsp3) is 0.308. The van der Waals surface area contributed by atoms with Crippen molar-refractivity contribution in [3.8, 4) is 11.8 Å². The number of hydrogen-bond donors (Lipinski definition) is 1. The normalized spacial score (nSPS) is 10.8. The number of nitrogens with two attached hydrogens (primary N) is 1. The van der Waals surface area contributed by atoms with E-state index in [1.165, 1.54) is 5.01 Å². The maximum absolute atomic E-state index is 8.58. The number of benzene rings is 1. The molecule has 17 heavy (non-hydrogen) atoms. The highest BCUT2D eigenvalue weighted by atomic mass is 16.5. The summed E-state index contributed by atoms with van der Waals surface area (Å²) in [6, 6.07) is 9.71. The van der Waals surface area contributed by atoms with Crippen molar-refractivity contribution in [2.45, 2.75) is 13.3 Å². The van der Waals surface area contributed by atoms with Crippen LogP contribution in [0, 0.1) is 11.3 Å². The van der Waals surface area contributed by atoms with E-state index in [1.54, 1.807) is 13.1 Å². The van der Waals surface area contributed by atoms with Crippen molar-refractivity contribution in [1.82, 2.24) is 5.01 Å². The first-order valence-corrected chi connectivity index (χ1v) is 5.47. The molecule has 0 bridgehead atoms. The second-order valence-electron chi connectivity index (χ2n) is 3.52. The van der Waals surface area contributed by atoms with Crippen molar-refractivity contribution < 1.29 is 4.74 Å². The summed E-state index contributed by atoms with van der Waals surface area (Å²) in [6.45, 7) is 2.59. The number of nitrogens with zero attached hydrogens (tertiary/aromatic N) is 2. The molecule has 0 amide bonds. The molecule has 0 saturated carbocycles. The lowest BCUT2D eigenvalue weighted by atomic mass is 10.1. The van der Waals surface area contributed by atoms with Crippen LogP contribution in [0.3, 0.4) is 0 Å². The van der Waals surface area contributed by atoms with E-state index >= 15 is 0 Å². The molecule has 0 fully saturated rings. The summed E-state index contributed by atoms with van der Waals surface area (Å²) >= 11 is 0. The average Bonchev–Trinajstić information content (AvgIpc) is 2.31. The number of hydrazine groups is 1. The van der Waals surface area contributed by atoms with Gasteiger partial charge >= 0.3 is 0 Å². The highest BCUT2D eigenvalue weighted by Crippen LogP contribution is 2.20. The largest absolute Gasteiger partial charge is 0.494 e. The third kappa shape index (κ3) is 3.82. The lowest BCUT2D eigenvalue weighted by molar-refractivity contribution is 0.340. The first-order valence-electron chi connectivity index (χ1n) is 5.47. The maximum atomic E-state index is 8.58. The van der Waals surface area contributed by atoms with E-state index in [1.807, 2.05) is 31.2 Å². The molecular formula is C13H17N3O. The van der Waals surface area contributed by atoms with Crippen molar-refractivity contribution in [2.24, 2.45) is 5.84 Å². The highest BCUT2D eigenvalue weighted by Gasteiger charge is 2.04. The Balaban J connectivity index is 2.92. The summed E-state index contributed by atoms with van der Waals surface area (Å²) in [5, 5.41) is 10.1. The second kappa shape index (κ2) is 6.56. The van der Waals surface area contributed by atoms with Crippen molar-refractivity contribution in [2.75, 3.05) is 13.7 Å². The van der Waals surface area contributed by atoms with Gasteiger partial charge in [-0.15, -0.1) is 0 Å². The van der Waals surface area contributed by atoms with Gasteiger partial charge in [-0.05, 0) is 42.8 Å². The molecule has 0 unspecified atom stereocenters. The summed E-state index contributed by atoms with van der Waals surface area (Å²) in [5.41, 5.74) is 1.79. The molecule has 0 aliphatic rings. The predicted octanol–water partition coefficient (Wildman–Crippen LogP) is 2.15. The Morgan fingerprint density at radius 3 is 2.59 bits per heavy atom. The van der Waals surface area contributed by atoms with Crippen LogP contribution in [0.4, 0.5) is 0 Å². The summed E-state index contributed by atoms with van der Waals surface area (Å²) in [7, 11) is 1.75. The minimum atomic E-state index is 0.337. The highest BCUT2D eigenvalue weighted by molar-refractivity contribution is 5.64. The molecule has 0 atom stereocenters. The molecule has 0 aliphatic heterocycles. The Kier molecular flexibility index (Phi) is 5.05. The van der Waals surface area contributed by atoms with Crippen LogP contribution < -0.4 is 10.6 Å². The maximum Gasteiger partial charge on any atom is 0.119 e.